The largest absolute Gasteiger partial charge is 0.496 e. The maximum atomic E-state index is 5.53. The van der Waals surface area contributed by atoms with Crippen LogP contribution in [0.5, 0.6) is 11.5 Å². The molecule has 18 heavy (non-hydrogen) atoms. The minimum Gasteiger partial charge on any atom is -0.496 e. The van der Waals surface area contributed by atoms with Crippen LogP contribution in [0.2, 0.25) is 0 Å². The minimum atomic E-state index is 0.771. The number of nitrogens with zero attached hydrogens (tertiary/aromatic N) is 1. The number of hydrogen-bond acceptors (Lipinski definition) is 4. The molecule has 98 valence electrons. The predicted octanol–water partition coefficient (Wildman–Crippen LogP) is 1.86. The summed E-state index contributed by atoms with van der Waals surface area (Å²) in [4.78, 5) is 4.44. The lowest BCUT2D eigenvalue weighted by molar-refractivity contribution is 0.394. The van der Waals surface area contributed by atoms with Gasteiger partial charge < -0.3 is 14.8 Å². The number of hydrogen-bond donors (Lipinski definition) is 1. The third-order valence-electron chi connectivity index (χ3n) is 3.31. The molecule has 1 aliphatic rings. The third kappa shape index (κ3) is 2.28. The molecule has 0 aliphatic carbocycles. The zero-order chi connectivity index (χ0) is 13.1. The molecule has 1 aromatic carbocycles. The van der Waals surface area contributed by atoms with E-state index in [2.05, 4.69) is 17.2 Å². The van der Waals surface area contributed by atoms with Gasteiger partial charge in [-0.2, -0.15) is 0 Å². The average molecular weight is 248 g/mol. The van der Waals surface area contributed by atoms with Crippen LogP contribution < -0.4 is 14.8 Å². The summed E-state index contributed by atoms with van der Waals surface area (Å²) >= 11 is 0. The first-order valence-electron chi connectivity index (χ1n) is 6.15. The number of methoxy groups -OCH3 is 2. The molecule has 0 atom stereocenters. The lowest BCUT2D eigenvalue weighted by Crippen LogP contribution is -2.21. The summed E-state index contributed by atoms with van der Waals surface area (Å²) in [7, 11) is 3.41. The highest BCUT2D eigenvalue weighted by Crippen LogP contribution is 2.34. The molecule has 1 aromatic rings. The Morgan fingerprint density at radius 2 is 2.06 bits per heavy atom. The Labute approximate surface area is 108 Å². The number of nitrogens with one attached hydrogen (secondary N) is 1. The van der Waals surface area contributed by atoms with E-state index in [4.69, 9.17) is 9.47 Å². The normalized spacial score (nSPS) is 14.1. The van der Waals surface area contributed by atoms with Crippen molar-refractivity contribution in [1.82, 2.24) is 5.32 Å². The van der Waals surface area contributed by atoms with E-state index in [0.29, 0.717) is 0 Å². The maximum absolute atomic E-state index is 5.53. The van der Waals surface area contributed by atoms with Crippen molar-refractivity contribution in [3.63, 3.8) is 0 Å². The van der Waals surface area contributed by atoms with E-state index >= 15 is 0 Å². The summed E-state index contributed by atoms with van der Waals surface area (Å²) in [5, 5.41) is 3.29. The Balaban J connectivity index is 2.44. The summed E-state index contributed by atoms with van der Waals surface area (Å²) in [5.74, 6) is 2.87. The van der Waals surface area contributed by atoms with E-state index < -0.39 is 0 Å². The van der Waals surface area contributed by atoms with Crippen LogP contribution in [0.1, 0.15) is 16.7 Å². The van der Waals surface area contributed by atoms with Gasteiger partial charge in [0.2, 0.25) is 0 Å². The summed E-state index contributed by atoms with van der Waals surface area (Å²) in [5.41, 5.74) is 3.37. The Kier molecular flexibility index (Phi) is 3.75. The molecule has 0 fully saturated rings. The fourth-order valence-electron chi connectivity index (χ4n) is 2.37. The predicted molar refractivity (Wildman–Crippen MR) is 73.0 cm³/mol. The SMILES string of the molecule is COc1cc(C)c(OC)c(CC2=NCCN2)c1C. The second kappa shape index (κ2) is 5.29. The van der Waals surface area contributed by atoms with Crippen LogP contribution in [0.3, 0.4) is 0 Å². The van der Waals surface area contributed by atoms with Gasteiger partial charge >= 0.3 is 0 Å². The molecular weight excluding hydrogens is 228 g/mol. The van der Waals surface area contributed by atoms with Gasteiger partial charge in [0.25, 0.3) is 0 Å². The van der Waals surface area contributed by atoms with Crippen LogP contribution in [0.4, 0.5) is 0 Å². The maximum Gasteiger partial charge on any atom is 0.125 e. The number of rotatable bonds is 4. The van der Waals surface area contributed by atoms with Crippen molar-refractivity contribution in [2.45, 2.75) is 20.3 Å². The van der Waals surface area contributed by atoms with Gasteiger partial charge in [-0.05, 0) is 31.0 Å². The van der Waals surface area contributed by atoms with Gasteiger partial charge in [0.15, 0.2) is 0 Å². The topological polar surface area (TPSA) is 42.9 Å². The molecule has 0 amide bonds. The van der Waals surface area contributed by atoms with Gasteiger partial charge in [0, 0.05) is 18.5 Å². The molecule has 1 heterocycles. The lowest BCUT2D eigenvalue weighted by Gasteiger charge is -2.17. The second-order valence-electron chi connectivity index (χ2n) is 4.46. The molecule has 0 saturated carbocycles. The number of ether oxygens (including phenoxy) is 2. The Morgan fingerprint density at radius 3 is 2.61 bits per heavy atom. The Bertz CT molecular complexity index is 481. The molecule has 0 spiro atoms. The van der Waals surface area contributed by atoms with Crippen molar-refractivity contribution in [3.05, 3.63) is 22.8 Å². The molecule has 0 saturated heterocycles. The van der Waals surface area contributed by atoms with Crippen LogP contribution in [-0.2, 0) is 6.42 Å². The van der Waals surface area contributed by atoms with E-state index in [1.807, 2.05) is 13.0 Å². The highest BCUT2D eigenvalue weighted by atomic mass is 16.5. The van der Waals surface area contributed by atoms with E-state index in [-0.39, 0.29) is 0 Å². The van der Waals surface area contributed by atoms with Gasteiger partial charge in [0.1, 0.15) is 17.3 Å². The van der Waals surface area contributed by atoms with Crippen molar-refractivity contribution in [1.29, 1.82) is 0 Å². The average Bonchev–Trinajstić information content (AvgIpc) is 2.86. The van der Waals surface area contributed by atoms with Gasteiger partial charge in [0.05, 0.1) is 20.8 Å². The van der Waals surface area contributed by atoms with Gasteiger partial charge in [-0.1, -0.05) is 0 Å². The number of amidine groups is 1. The van der Waals surface area contributed by atoms with Crippen LogP contribution >= 0.6 is 0 Å². The van der Waals surface area contributed by atoms with Crippen molar-refractivity contribution < 1.29 is 9.47 Å². The standard InChI is InChI=1S/C14H20N2O2/c1-9-7-12(17-3)10(2)11(14(9)18-4)8-13-15-5-6-16-13/h7H,5-6,8H2,1-4H3,(H,15,16). The summed E-state index contributed by atoms with van der Waals surface area (Å²) in [6, 6.07) is 2.02. The first kappa shape index (κ1) is 12.7. The molecule has 4 nitrogen and oxygen atoms in total. The van der Waals surface area contributed by atoms with Crippen LogP contribution in [-0.4, -0.2) is 33.1 Å². The minimum absolute atomic E-state index is 0.771. The molecule has 1 N–H and O–H groups in total. The number of aryl methyl sites for hydroxylation is 1. The molecular formula is C14H20N2O2. The van der Waals surface area contributed by atoms with Crippen LogP contribution in [0.15, 0.2) is 11.1 Å². The number of benzene rings is 1. The third-order valence-corrected chi connectivity index (χ3v) is 3.31. The molecule has 2 rings (SSSR count). The van der Waals surface area contributed by atoms with E-state index in [1.165, 1.54) is 0 Å². The quantitative estimate of drug-likeness (QED) is 0.884. The molecule has 0 unspecified atom stereocenters. The van der Waals surface area contributed by atoms with Crippen molar-refractivity contribution in [3.8, 4) is 11.5 Å². The highest BCUT2D eigenvalue weighted by molar-refractivity contribution is 5.87. The van der Waals surface area contributed by atoms with Gasteiger partial charge in [-0.15, -0.1) is 0 Å². The highest BCUT2D eigenvalue weighted by Gasteiger charge is 2.17. The Hall–Kier alpha value is -1.71. The van der Waals surface area contributed by atoms with Crippen molar-refractivity contribution in [2.75, 3.05) is 27.3 Å². The summed E-state index contributed by atoms with van der Waals surface area (Å²) in [6.07, 6.45) is 0.771. The molecule has 4 heteroatoms. The molecule has 1 aliphatic heterocycles. The molecule has 0 radical (unpaired) electrons. The smallest absolute Gasteiger partial charge is 0.125 e. The van der Waals surface area contributed by atoms with E-state index in [1.54, 1.807) is 14.2 Å². The first-order valence-corrected chi connectivity index (χ1v) is 6.15. The first-order chi connectivity index (χ1) is 8.67. The van der Waals surface area contributed by atoms with Crippen molar-refractivity contribution in [2.24, 2.45) is 4.99 Å². The fraction of sp³-hybridized carbons (Fsp3) is 0.500. The lowest BCUT2D eigenvalue weighted by atomic mass is 9.99. The summed E-state index contributed by atoms with van der Waals surface area (Å²) < 4.78 is 10.9. The second-order valence-corrected chi connectivity index (χ2v) is 4.46. The van der Waals surface area contributed by atoms with Crippen LogP contribution in [0.25, 0.3) is 0 Å². The van der Waals surface area contributed by atoms with E-state index in [9.17, 15) is 0 Å². The zero-order valence-corrected chi connectivity index (χ0v) is 11.5. The van der Waals surface area contributed by atoms with Gasteiger partial charge in [-0.3, -0.25) is 4.99 Å². The monoisotopic (exact) mass is 248 g/mol. The molecule has 0 bridgehead atoms. The number of aliphatic imine (C=N–C) groups is 1. The Morgan fingerprint density at radius 1 is 1.28 bits per heavy atom. The fourth-order valence-corrected chi connectivity index (χ4v) is 2.37. The van der Waals surface area contributed by atoms with Crippen LogP contribution in [0, 0.1) is 13.8 Å². The van der Waals surface area contributed by atoms with Gasteiger partial charge in [-0.25, -0.2) is 0 Å². The van der Waals surface area contributed by atoms with E-state index in [0.717, 1.165) is 53.5 Å². The molecule has 0 aromatic heterocycles. The van der Waals surface area contributed by atoms with Crippen molar-refractivity contribution >= 4 is 5.84 Å². The summed E-state index contributed by atoms with van der Waals surface area (Å²) in [6.45, 7) is 5.89. The zero-order valence-electron chi connectivity index (χ0n) is 11.5.